The first kappa shape index (κ1) is 14.7. The Labute approximate surface area is 139 Å². The summed E-state index contributed by atoms with van der Waals surface area (Å²) >= 11 is 0. The Hall–Kier alpha value is -2.92. The van der Waals surface area contributed by atoms with E-state index in [0.717, 1.165) is 22.3 Å². The molecule has 1 N–H and O–H groups in total. The van der Waals surface area contributed by atoms with Crippen molar-refractivity contribution in [3.05, 3.63) is 72.1 Å². The number of methoxy groups -OCH3 is 1. The fourth-order valence-corrected chi connectivity index (χ4v) is 2.99. The SMILES string of the molecule is COc1nc2ccccc2n2c(C(O)Cc3ccccc3)cnc12. The maximum absolute atomic E-state index is 10.8. The Kier molecular flexibility index (Phi) is 3.63. The number of aliphatic hydroxyl groups is 1. The topological polar surface area (TPSA) is 59.7 Å². The van der Waals surface area contributed by atoms with Gasteiger partial charge in [-0.3, -0.25) is 4.40 Å². The molecule has 0 amide bonds. The minimum absolute atomic E-state index is 0.451. The highest BCUT2D eigenvalue weighted by Gasteiger charge is 2.19. The average molecular weight is 319 g/mol. The first-order chi connectivity index (χ1) is 11.8. The number of fused-ring (bicyclic) bond motifs is 3. The molecular weight excluding hydrogens is 302 g/mol. The van der Waals surface area contributed by atoms with Crippen molar-refractivity contribution in [2.45, 2.75) is 12.5 Å². The van der Waals surface area contributed by atoms with Crippen LogP contribution >= 0.6 is 0 Å². The summed E-state index contributed by atoms with van der Waals surface area (Å²) in [4.78, 5) is 8.91. The summed E-state index contributed by atoms with van der Waals surface area (Å²) in [7, 11) is 1.58. The normalized spacial score (nSPS) is 12.6. The van der Waals surface area contributed by atoms with E-state index in [4.69, 9.17) is 4.74 Å². The lowest BCUT2D eigenvalue weighted by molar-refractivity contribution is 0.173. The largest absolute Gasteiger partial charge is 0.478 e. The third-order valence-electron chi connectivity index (χ3n) is 4.13. The van der Waals surface area contributed by atoms with Crippen LogP contribution in [0.1, 0.15) is 17.4 Å². The fraction of sp³-hybridized carbons (Fsp3) is 0.158. The lowest BCUT2D eigenvalue weighted by atomic mass is 10.1. The summed E-state index contributed by atoms with van der Waals surface area (Å²) in [6, 6.07) is 17.7. The molecule has 0 bridgehead atoms. The van der Waals surface area contributed by atoms with Gasteiger partial charge in [-0.15, -0.1) is 0 Å². The van der Waals surface area contributed by atoms with E-state index in [2.05, 4.69) is 9.97 Å². The number of aliphatic hydroxyl groups excluding tert-OH is 1. The van der Waals surface area contributed by atoms with Gasteiger partial charge in [0.1, 0.15) is 0 Å². The van der Waals surface area contributed by atoms with Crippen molar-refractivity contribution in [1.29, 1.82) is 0 Å². The van der Waals surface area contributed by atoms with Crippen LogP contribution in [0.5, 0.6) is 5.88 Å². The molecule has 2 aromatic carbocycles. The molecule has 0 aliphatic rings. The van der Waals surface area contributed by atoms with Gasteiger partial charge in [-0.2, -0.15) is 0 Å². The predicted molar refractivity (Wildman–Crippen MR) is 92.2 cm³/mol. The van der Waals surface area contributed by atoms with Crippen LogP contribution in [0.2, 0.25) is 0 Å². The molecule has 0 fully saturated rings. The average Bonchev–Trinajstić information content (AvgIpc) is 3.07. The van der Waals surface area contributed by atoms with Gasteiger partial charge >= 0.3 is 0 Å². The van der Waals surface area contributed by atoms with Gasteiger partial charge in [0.05, 0.1) is 36.1 Å². The van der Waals surface area contributed by atoms with E-state index in [-0.39, 0.29) is 0 Å². The Morgan fingerprint density at radius 2 is 1.83 bits per heavy atom. The zero-order valence-corrected chi connectivity index (χ0v) is 13.3. The van der Waals surface area contributed by atoms with Crippen molar-refractivity contribution in [3.8, 4) is 5.88 Å². The second-order valence-electron chi connectivity index (χ2n) is 5.66. The second-order valence-corrected chi connectivity index (χ2v) is 5.66. The Bertz CT molecular complexity index is 996. The zero-order valence-electron chi connectivity index (χ0n) is 13.3. The number of nitrogens with zero attached hydrogens (tertiary/aromatic N) is 3. The van der Waals surface area contributed by atoms with Gasteiger partial charge < -0.3 is 9.84 Å². The molecule has 0 aliphatic carbocycles. The minimum atomic E-state index is -0.669. The quantitative estimate of drug-likeness (QED) is 0.628. The summed E-state index contributed by atoms with van der Waals surface area (Å²) in [5, 5.41) is 10.8. The number of rotatable bonds is 4. The standard InChI is InChI=1S/C19H17N3O2/c1-24-19-18-20-12-16(17(23)11-13-7-3-2-4-8-13)22(18)15-10-6-5-9-14(15)21-19/h2-10,12,17,23H,11H2,1H3. The molecule has 24 heavy (non-hydrogen) atoms. The number of hydrogen-bond acceptors (Lipinski definition) is 4. The molecule has 1 unspecified atom stereocenters. The van der Waals surface area contributed by atoms with Crippen LogP contribution < -0.4 is 4.74 Å². The molecule has 5 nitrogen and oxygen atoms in total. The number of para-hydroxylation sites is 2. The highest BCUT2D eigenvalue weighted by molar-refractivity contribution is 5.80. The molecule has 0 saturated heterocycles. The summed E-state index contributed by atoms with van der Waals surface area (Å²) in [6.07, 6.45) is 1.55. The van der Waals surface area contributed by atoms with Gasteiger partial charge in [-0.25, -0.2) is 9.97 Å². The van der Waals surface area contributed by atoms with E-state index in [1.165, 1.54) is 0 Å². The van der Waals surface area contributed by atoms with Crippen LogP contribution in [0, 0.1) is 0 Å². The lowest BCUT2D eigenvalue weighted by Crippen LogP contribution is -2.07. The maximum atomic E-state index is 10.8. The molecule has 0 saturated carbocycles. The Morgan fingerprint density at radius 3 is 2.62 bits per heavy atom. The number of aromatic nitrogens is 3. The molecule has 1 atom stereocenters. The minimum Gasteiger partial charge on any atom is -0.478 e. The molecule has 5 heteroatoms. The fourth-order valence-electron chi connectivity index (χ4n) is 2.99. The first-order valence-electron chi connectivity index (χ1n) is 7.80. The molecule has 4 rings (SSSR count). The Balaban J connectivity index is 1.88. The zero-order chi connectivity index (χ0) is 16.5. The van der Waals surface area contributed by atoms with Gasteiger partial charge in [0.25, 0.3) is 5.88 Å². The molecule has 4 aromatic rings. The van der Waals surface area contributed by atoms with E-state index >= 15 is 0 Å². The third kappa shape index (κ3) is 2.39. The van der Waals surface area contributed by atoms with Gasteiger partial charge in [0.15, 0.2) is 0 Å². The number of benzene rings is 2. The van der Waals surface area contributed by atoms with Crippen LogP contribution in [-0.2, 0) is 6.42 Å². The van der Waals surface area contributed by atoms with E-state index < -0.39 is 6.10 Å². The number of ether oxygens (including phenoxy) is 1. The summed E-state index contributed by atoms with van der Waals surface area (Å²) in [6.45, 7) is 0. The second kappa shape index (κ2) is 5.94. The van der Waals surface area contributed by atoms with Gasteiger partial charge in [0, 0.05) is 6.42 Å². The lowest BCUT2D eigenvalue weighted by Gasteiger charge is -2.13. The highest BCUT2D eigenvalue weighted by Crippen LogP contribution is 2.27. The van der Waals surface area contributed by atoms with Crippen molar-refractivity contribution < 1.29 is 9.84 Å². The van der Waals surface area contributed by atoms with E-state index in [1.54, 1.807) is 13.3 Å². The molecule has 120 valence electrons. The molecule has 0 radical (unpaired) electrons. The predicted octanol–water partition coefficient (Wildman–Crippen LogP) is 3.17. The smallest absolute Gasteiger partial charge is 0.258 e. The number of hydrogen-bond donors (Lipinski definition) is 1. The van der Waals surface area contributed by atoms with Crippen LogP contribution in [0.25, 0.3) is 16.7 Å². The van der Waals surface area contributed by atoms with Crippen molar-refractivity contribution in [3.63, 3.8) is 0 Å². The van der Waals surface area contributed by atoms with E-state index in [0.29, 0.717) is 17.9 Å². The molecular formula is C19H17N3O2. The summed E-state index contributed by atoms with van der Waals surface area (Å²) in [5.74, 6) is 0.451. The first-order valence-corrected chi connectivity index (χ1v) is 7.80. The summed E-state index contributed by atoms with van der Waals surface area (Å²) in [5.41, 5.74) is 4.11. The van der Waals surface area contributed by atoms with E-state index in [9.17, 15) is 5.11 Å². The van der Waals surface area contributed by atoms with Crippen molar-refractivity contribution in [1.82, 2.24) is 14.4 Å². The van der Waals surface area contributed by atoms with Crippen molar-refractivity contribution in [2.75, 3.05) is 7.11 Å². The van der Waals surface area contributed by atoms with Gasteiger partial charge in [0.2, 0.25) is 5.65 Å². The van der Waals surface area contributed by atoms with E-state index in [1.807, 2.05) is 59.0 Å². The van der Waals surface area contributed by atoms with Crippen LogP contribution in [0.3, 0.4) is 0 Å². The monoisotopic (exact) mass is 319 g/mol. The summed E-state index contributed by atoms with van der Waals surface area (Å²) < 4.78 is 7.30. The van der Waals surface area contributed by atoms with Crippen LogP contribution in [0.4, 0.5) is 0 Å². The van der Waals surface area contributed by atoms with Crippen molar-refractivity contribution in [2.24, 2.45) is 0 Å². The molecule has 2 heterocycles. The van der Waals surface area contributed by atoms with Gasteiger partial charge in [-0.05, 0) is 17.7 Å². The Morgan fingerprint density at radius 1 is 1.08 bits per heavy atom. The molecule has 0 spiro atoms. The third-order valence-corrected chi connectivity index (χ3v) is 4.13. The molecule has 0 aliphatic heterocycles. The maximum Gasteiger partial charge on any atom is 0.258 e. The van der Waals surface area contributed by atoms with Crippen LogP contribution in [0.15, 0.2) is 60.8 Å². The van der Waals surface area contributed by atoms with Crippen LogP contribution in [-0.4, -0.2) is 26.6 Å². The highest BCUT2D eigenvalue weighted by atomic mass is 16.5. The van der Waals surface area contributed by atoms with Crippen molar-refractivity contribution >= 4 is 16.7 Å². The van der Waals surface area contributed by atoms with Gasteiger partial charge in [-0.1, -0.05) is 42.5 Å². The molecule has 2 aromatic heterocycles. The number of imidazole rings is 1.